The molecule has 1 amide bonds. The van der Waals surface area contributed by atoms with Gasteiger partial charge in [0.1, 0.15) is 5.75 Å². The van der Waals surface area contributed by atoms with Crippen molar-refractivity contribution in [1.29, 1.82) is 0 Å². The maximum Gasteiger partial charge on any atom is 0.297 e. The van der Waals surface area contributed by atoms with Crippen molar-refractivity contribution in [3.63, 3.8) is 0 Å². The molecule has 1 aliphatic heterocycles. The zero-order chi connectivity index (χ0) is 23.9. The van der Waals surface area contributed by atoms with Crippen molar-refractivity contribution in [3.05, 3.63) is 82.6 Å². The Morgan fingerprint density at radius 1 is 0.941 bits per heavy atom. The minimum atomic E-state index is -4.14. The van der Waals surface area contributed by atoms with Gasteiger partial charge in [-0.2, -0.15) is 8.42 Å². The van der Waals surface area contributed by atoms with Crippen LogP contribution in [0.25, 0.3) is 21.7 Å². The van der Waals surface area contributed by atoms with Crippen LogP contribution in [0.3, 0.4) is 0 Å². The summed E-state index contributed by atoms with van der Waals surface area (Å²) in [7, 11) is -2.60. The first-order chi connectivity index (χ1) is 16.3. The Morgan fingerprint density at radius 3 is 2.56 bits per heavy atom. The monoisotopic (exact) mass is 478 g/mol. The normalized spacial score (nSPS) is 16.4. The fourth-order valence-corrected chi connectivity index (χ4v) is 5.27. The number of methoxy groups -OCH3 is 1. The zero-order valence-corrected chi connectivity index (χ0v) is 19.2. The highest BCUT2D eigenvalue weighted by Crippen LogP contribution is 2.27. The highest BCUT2D eigenvalue weighted by molar-refractivity contribution is 7.86. The number of fused-ring (bicyclic) bond motifs is 2. The molecule has 1 fully saturated rings. The van der Waals surface area contributed by atoms with Crippen LogP contribution in [0.1, 0.15) is 12.0 Å². The second-order valence-corrected chi connectivity index (χ2v) is 9.78. The van der Waals surface area contributed by atoms with E-state index in [0.29, 0.717) is 29.7 Å². The molecule has 3 aromatic carbocycles. The van der Waals surface area contributed by atoms with Crippen molar-refractivity contribution in [3.8, 4) is 5.75 Å². The van der Waals surface area contributed by atoms with Crippen LogP contribution >= 0.6 is 0 Å². The van der Waals surface area contributed by atoms with Gasteiger partial charge in [0.2, 0.25) is 5.56 Å². The average molecular weight is 479 g/mol. The summed E-state index contributed by atoms with van der Waals surface area (Å²) in [5.41, 5.74) is 1.41. The minimum absolute atomic E-state index is 0.0111. The lowest BCUT2D eigenvalue weighted by Crippen LogP contribution is -2.31. The second kappa shape index (κ2) is 8.58. The molecule has 0 saturated carbocycles. The Kier molecular flexibility index (Phi) is 5.59. The third-order valence-electron chi connectivity index (χ3n) is 5.96. The summed E-state index contributed by atoms with van der Waals surface area (Å²) in [6.07, 6.45) is -0.789. The van der Waals surface area contributed by atoms with Gasteiger partial charge in [-0.05, 0) is 64.2 Å². The maximum atomic E-state index is 12.9. The fraction of sp³-hybridized carbons (Fsp3) is 0.200. The van der Waals surface area contributed by atoms with E-state index >= 15 is 0 Å². The van der Waals surface area contributed by atoms with E-state index in [1.165, 1.54) is 18.2 Å². The molecule has 1 saturated heterocycles. The first kappa shape index (κ1) is 22.1. The van der Waals surface area contributed by atoms with Gasteiger partial charge >= 0.3 is 0 Å². The number of carbonyl (C=O) groups excluding carboxylic acids is 1. The molecule has 1 N–H and O–H groups in total. The van der Waals surface area contributed by atoms with Gasteiger partial charge in [0.05, 0.1) is 12.0 Å². The molecule has 0 spiro atoms. The quantitative estimate of drug-likeness (QED) is 0.427. The number of hydrogen-bond acceptors (Lipinski definition) is 6. The van der Waals surface area contributed by atoms with Gasteiger partial charge in [-0.3, -0.25) is 13.8 Å². The van der Waals surface area contributed by atoms with Crippen LogP contribution in [-0.4, -0.2) is 44.0 Å². The predicted molar refractivity (Wildman–Crippen MR) is 127 cm³/mol. The Morgan fingerprint density at radius 2 is 1.74 bits per heavy atom. The van der Waals surface area contributed by atoms with Crippen molar-refractivity contribution in [2.24, 2.45) is 0 Å². The summed E-state index contributed by atoms with van der Waals surface area (Å²) in [5.74, 6) is 0.247. The molecule has 0 unspecified atom stereocenters. The number of aromatic nitrogens is 1. The maximum absolute atomic E-state index is 12.9. The van der Waals surface area contributed by atoms with Crippen molar-refractivity contribution in [1.82, 2.24) is 9.88 Å². The lowest BCUT2D eigenvalue weighted by molar-refractivity contribution is -0.133. The fourth-order valence-electron chi connectivity index (χ4n) is 4.17. The van der Waals surface area contributed by atoms with Gasteiger partial charge in [0.15, 0.2) is 6.10 Å². The summed E-state index contributed by atoms with van der Waals surface area (Å²) >= 11 is 0. The van der Waals surface area contributed by atoms with Crippen LogP contribution in [0, 0.1) is 0 Å². The lowest BCUT2D eigenvalue weighted by atomic mass is 10.1. The van der Waals surface area contributed by atoms with Gasteiger partial charge in [-0.25, -0.2) is 0 Å². The standard InChI is InChI=1S/C25H22N2O6S/c1-32-20-6-3-17-4-7-21(14-19(17)13-20)34(30,31)33-23-10-11-27(25(23)29)15-16-2-8-22-18(12-16)5-9-24(28)26-22/h2-9,12-14,23H,10-11,15H2,1H3,(H,26,28)/t23-/m0/s1. The number of amides is 1. The molecule has 0 aliphatic carbocycles. The Hall–Kier alpha value is -3.69. The predicted octanol–water partition coefficient (Wildman–Crippen LogP) is 3.20. The van der Waals surface area contributed by atoms with E-state index in [9.17, 15) is 18.0 Å². The minimum Gasteiger partial charge on any atom is -0.497 e. The molecule has 8 nitrogen and oxygen atoms in total. The molecule has 34 heavy (non-hydrogen) atoms. The van der Waals surface area contributed by atoms with Crippen molar-refractivity contribution in [2.45, 2.75) is 24.0 Å². The molecular weight excluding hydrogens is 456 g/mol. The van der Waals surface area contributed by atoms with Crippen LogP contribution in [0.15, 0.2) is 76.4 Å². The first-order valence-corrected chi connectivity index (χ1v) is 12.2. The highest BCUT2D eigenvalue weighted by atomic mass is 32.2. The summed E-state index contributed by atoms with van der Waals surface area (Å²) in [5, 5.41) is 2.41. The molecule has 4 aromatic rings. The molecule has 9 heteroatoms. The molecule has 174 valence electrons. The molecule has 1 aliphatic rings. The second-order valence-electron chi connectivity index (χ2n) is 8.21. The molecule has 5 rings (SSSR count). The number of benzene rings is 3. The number of pyridine rings is 1. The van der Waals surface area contributed by atoms with E-state index in [4.69, 9.17) is 8.92 Å². The van der Waals surface area contributed by atoms with Gasteiger partial charge < -0.3 is 14.6 Å². The number of aromatic amines is 1. The van der Waals surface area contributed by atoms with Crippen LogP contribution in [0.2, 0.25) is 0 Å². The zero-order valence-electron chi connectivity index (χ0n) is 18.4. The van der Waals surface area contributed by atoms with Crippen molar-refractivity contribution < 1.29 is 22.1 Å². The number of H-pyrrole nitrogens is 1. The number of hydrogen-bond donors (Lipinski definition) is 1. The van der Waals surface area contributed by atoms with Crippen molar-refractivity contribution in [2.75, 3.05) is 13.7 Å². The first-order valence-electron chi connectivity index (χ1n) is 10.7. The van der Waals surface area contributed by atoms with E-state index in [-0.39, 0.29) is 22.8 Å². The highest BCUT2D eigenvalue weighted by Gasteiger charge is 2.36. The molecule has 2 heterocycles. The van der Waals surface area contributed by atoms with Gasteiger partial charge in [0.25, 0.3) is 16.0 Å². The molecular formula is C25H22N2O6S. The van der Waals surface area contributed by atoms with Gasteiger partial charge in [-0.15, -0.1) is 0 Å². The van der Waals surface area contributed by atoms with E-state index < -0.39 is 16.2 Å². The molecule has 1 atom stereocenters. The van der Waals surface area contributed by atoms with Gasteiger partial charge in [0, 0.05) is 31.1 Å². The van der Waals surface area contributed by atoms with E-state index in [1.54, 1.807) is 42.3 Å². The summed E-state index contributed by atoms with van der Waals surface area (Å²) in [6, 6.07) is 18.8. The van der Waals surface area contributed by atoms with E-state index in [1.807, 2.05) is 18.2 Å². The molecule has 0 bridgehead atoms. The topological polar surface area (TPSA) is 106 Å². The van der Waals surface area contributed by atoms with Crippen LogP contribution in [-0.2, 0) is 25.6 Å². The van der Waals surface area contributed by atoms with Crippen molar-refractivity contribution >= 4 is 37.7 Å². The molecule has 1 aromatic heterocycles. The summed E-state index contributed by atoms with van der Waals surface area (Å²) < 4.78 is 36.4. The number of likely N-dealkylation sites (tertiary alicyclic amines) is 1. The number of ether oxygens (including phenoxy) is 1. The Labute approximate surface area is 195 Å². The van der Waals surface area contributed by atoms with Crippen LogP contribution in [0.4, 0.5) is 0 Å². The number of carbonyl (C=O) groups is 1. The lowest BCUT2D eigenvalue weighted by Gasteiger charge is -2.17. The van der Waals surface area contributed by atoms with Gasteiger partial charge in [-0.1, -0.05) is 18.2 Å². The van der Waals surface area contributed by atoms with E-state index in [0.717, 1.165) is 16.3 Å². The Balaban J connectivity index is 1.31. The number of rotatable bonds is 6. The largest absolute Gasteiger partial charge is 0.497 e. The SMILES string of the molecule is COc1ccc2ccc(S(=O)(=O)O[C@H]3CCN(Cc4ccc5[nH]c(=O)ccc5c4)C3=O)cc2c1. The molecule has 0 radical (unpaired) electrons. The third-order valence-corrected chi connectivity index (χ3v) is 7.28. The van der Waals surface area contributed by atoms with E-state index in [2.05, 4.69) is 4.98 Å². The summed E-state index contributed by atoms with van der Waals surface area (Å²) in [6.45, 7) is 0.709. The average Bonchev–Trinajstić information content (AvgIpc) is 3.16. The number of nitrogens with one attached hydrogen (secondary N) is 1. The summed E-state index contributed by atoms with van der Waals surface area (Å²) in [4.78, 5) is 28.7. The van der Waals surface area contributed by atoms with Crippen LogP contribution in [0.5, 0.6) is 5.75 Å². The number of nitrogens with zero attached hydrogens (tertiary/aromatic N) is 1. The third kappa shape index (κ3) is 4.27. The van der Waals surface area contributed by atoms with Crippen LogP contribution < -0.4 is 10.3 Å². The Bertz CT molecular complexity index is 1580. The smallest absolute Gasteiger partial charge is 0.297 e.